The highest BCUT2D eigenvalue weighted by Gasteiger charge is 2.18. The molecule has 0 aromatic carbocycles. The number of aryl methyl sites for hydroxylation is 1. The predicted molar refractivity (Wildman–Crippen MR) is 70.8 cm³/mol. The van der Waals surface area contributed by atoms with Gasteiger partial charge in [0.1, 0.15) is 6.10 Å². The van der Waals surface area contributed by atoms with Gasteiger partial charge in [0.25, 0.3) is 0 Å². The predicted octanol–water partition coefficient (Wildman–Crippen LogP) is 2.06. The molecule has 1 saturated heterocycles. The molecule has 1 N–H and O–H groups in total. The number of ether oxygens (including phenoxy) is 2. The molecule has 0 radical (unpaired) electrons. The van der Waals surface area contributed by atoms with Crippen LogP contribution in [0.3, 0.4) is 0 Å². The van der Waals surface area contributed by atoms with Gasteiger partial charge in [-0.1, -0.05) is 13.8 Å². The zero-order valence-electron chi connectivity index (χ0n) is 11.4. The van der Waals surface area contributed by atoms with E-state index in [0.717, 1.165) is 25.3 Å². The quantitative estimate of drug-likeness (QED) is 0.868. The molecule has 0 spiro atoms. The molecule has 0 aliphatic carbocycles. The molecule has 0 amide bonds. The minimum absolute atomic E-state index is 0.158. The first-order valence-corrected chi connectivity index (χ1v) is 6.59. The number of aromatic nitrogens is 1. The van der Waals surface area contributed by atoms with Crippen LogP contribution in [0.2, 0.25) is 0 Å². The molecular weight excluding hydrogens is 228 g/mol. The molecule has 1 atom stereocenters. The van der Waals surface area contributed by atoms with Crippen LogP contribution in [0.5, 0.6) is 5.88 Å². The Morgan fingerprint density at radius 2 is 2.33 bits per heavy atom. The van der Waals surface area contributed by atoms with Crippen molar-refractivity contribution in [3.63, 3.8) is 0 Å². The number of pyridine rings is 1. The average Bonchev–Trinajstić information content (AvgIpc) is 2.78. The minimum Gasteiger partial charge on any atom is -0.472 e. The van der Waals surface area contributed by atoms with Crippen LogP contribution < -0.4 is 10.1 Å². The number of hydrogen-bond acceptors (Lipinski definition) is 4. The smallest absolute Gasteiger partial charge is 0.214 e. The first-order chi connectivity index (χ1) is 8.63. The van der Waals surface area contributed by atoms with Gasteiger partial charge < -0.3 is 14.8 Å². The first kappa shape index (κ1) is 13.3. The molecule has 1 unspecified atom stereocenters. The van der Waals surface area contributed by atoms with Gasteiger partial charge >= 0.3 is 0 Å². The Morgan fingerprint density at radius 1 is 1.50 bits per heavy atom. The van der Waals surface area contributed by atoms with Gasteiger partial charge in [-0.15, -0.1) is 0 Å². The van der Waals surface area contributed by atoms with Crippen LogP contribution in [-0.2, 0) is 11.3 Å². The second kappa shape index (κ2) is 6.16. The van der Waals surface area contributed by atoms with E-state index >= 15 is 0 Å². The molecule has 0 bridgehead atoms. The lowest BCUT2D eigenvalue weighted by molar-refractivity contribution is 0.138. The molecule has 4 nitrogen and oxygen atoms in total. The van der Waals surface area contributed by atoms with E-state index in [2.05, 4.69) is 30.2 Å². The van der Waals surface area contributed by atoms with Crippen molar-refractivity contribution in [2.24, 2.45) is 0 Å². The highest BCUT2D eigenvalue weighted by atomic mass is 16.5. The summed E-state index contributed by atoms with van der Waals surface area (Å²) in [6.45, 7) is 8.59. The minimum atomic E-state index is 0.158. The number of rotatable bonds is 5. The zero-order valence-corrected chi connectivity index (χ0v) is 11.4. The van der Waals surface area contributed by atoms with Gasteiger partial charge in [0.05, 0.1) is 13.2 Å². The zero-order chi connectivity index (χ0) is 13.0. The van der Waals surface area contributed by atoms with E-state index in [1.165, 1.54) is 5.56 Å². The SMILES string of the molecule is Cc1cc(CNC(C)C)cc(OC2CCOC2)n1. The van der Waals surface area contributed by atoms with Crippen LogP contribution in [-0.4, -0.2) is 30.3 Å². The second-order valence-electron chi connectivity index (χ2n) is 5.09. The molecule has 1 aliphatic rings. The third kappa shape index (κ3) is 3.96. The topological polar surface area (TPSA) is 43.4 Å². The van der Waals surface area contributed by atoms with Gasteiger partial charge in [0, 0.05) is 30.8 Å². The fraction of sp³-hybridized carbons (Fsp3) is 0.643. The van der Waals surface area contributed by atoms with Crippen LogP contribution in [0.15, 0.2) is 12.1 Å². The van der Waals surface area contributed by atoms with Crippen molar-refractivity contribution in [2.45, 2.75) is 45.9 Å². The summed E-state index contributed by atoms with van der Waals surface area (Å²) in [6.07, 6.45) is 1.11. The fourth-order valence-electron chi connectivity index (χ4n) is 1.97. The van der Waals surface area contributed by atoms with Crippen molar-refractivity contribution in [3.8, 4) is 5.88 Å². The van der Waals surface area contributed by atoms with Crippen molar-refractivity contribution in [3.05, 3.63) is 23.4 Å². The van der Waals surface area contributed by atoms with E-state index in [1.54, 1.807) is 0 Å². The average molecular weight is 250 g/mol. The van der Waals surface area contributed by atoms with E-state index < -0.39 is 0 Å². The summed E-state index contributed by atoms with van der Waals surface area (Å²) in [5.41, 5.74) is 2.21. The maximum absolute atomic E-state index is 5.84. The van der Waals surface area contributed by atoms with Crippen LogP contribution in [0.4, 0.5) is 0 Å². The monoisotopic (exact) mass is 250 g/mol. The Balaban J connectivity index is 2.00. The molecule has 2 rings (SSSR count). The molecule has 1 fully saturated rings. The van der Waals surface area contributed by atoms with E-state index in [4.69, 9.17) is 9.47 Å². The van der Waals surface area contributed by atoms with Gasteiger partial charge in [-0.05, 0) is 18.6 Å². The number of hydrogen-bond donors (Lipinski definition) is 1. The van der Waals surface area contributed by atoms with Crippen LogP contribution in [0.1, 0.15) is 31.5 Å². The first-order valence-electron chi connectivity index (χ1n) is 6.59. The molecule has 2 heterocycles. The summed E-state index contributed by atoms with van der Waals surface area (Å²) in [5.74, 6) is 0.714. The van der Waals surface area contributed by atoms with Crippen molar-refractivity contribution in [1.82, 2.24) is 10.3 Å². The maximum atomic E-state index is 5.84. The van der Waals surface area contributed by atoms with E-state index in [0.29, 0.717) is 18.5 Å². The van der Waals surface area contributed by atoms with Gasteiger partial charge in [0.15, 0.2) is 0 Å². The van der Waals surface area contributed by atoms with Crippen LogP contribution in [0.25, 0.3) is 0 Å². The number of nitrogens with zero attached hydrogens (tertiary/aromatic N) is 1. The van der Waals surface area contributed by atoms with Crippen molar-refractivity contribution in [1.29, 1.82) is 0 Å². The summed E-state index contributed by atoms with van der Waals surface area (Å²) in [6, 6.07) is 4.58. The van der Waals surface area contributed by atoms with Gasteiger partial charge in [-0.25, -0.2) is 4.98 Å². The van der Waals surface area contributed by atoms with Gasteiger partial charge in [-0.3, -0.25) is 0 Å². The normalized spacial score (nSPS) is 19.4. The van der Waals surface area contributed by atoms with Crippen molar-refractivity contribution in [2.75, 3.05) is 13.2 Å². The highest BCUT2D eigenvalue weighted by Crippen LogP contribution is 2.17. The van der Waals surface area contributed by atoms with E-state index in [9.17, 15) is 0 Å². The Kier molecular flexibility index (Phi) is 4.55. The van der Waals surface area contributed by atoms with Crippen LogP contribution >= 0.6 is 0 Å². The summed E-state index contributed by atoms with van der Waals surface area (Å²) in [7, 11) is 0. The Bertz CT molecular complexity index is 387. The summed E-state index contributed by atoms with van der Waals surface area (Å²) in [5, 5.41) is 3.40. The van der Waals surface area contributed by atoms with E-state index in [-0.39, 0.29) is 6.10 Å². The lowest BCUT2D eigenvalue weighted by Crippen LogP contribution is -2.22. The molecule has 1 aromatic heterocycles. The third-order valence-electron chi connectivity index (χ3n) is 2.88. The Morgan fingerprint density at radius 3 is 3.00 bits per heavy atom. The Hall–Kier alpha value is -1.13. The van der Waals surface area contributed by atoms with Crippen molar-refractivity contribution < 1.29 is 9.47 Å². The lowest BCUT2D eigenvalue weighted by Gasteiger charge is -2.14. The summed E-state index contributed by atoms with van der Waals surface area (Å²) < 4.78 is 11.1. The fourth-order valence-corrected chi connectivity index (χ4v) is 1.97. The standard InChI is InChI=1S/C14H22N2O2/c1-10(2)15-8-12-6-11(3)16-14(7-12)18-13-4-5-17-9-13/h6-7,10,13,15H,4-5,8-9H2,1-3H3. The van der Waals surface area contributed by atoms with Crippen molar-refractivity contribution >= 4 is 0 Å². The molecular formula is C14H22N2O2. The lowest BCUT2D eigenvalue weighted by atomic mass is 10.2. The van der Waals surface area contributed by atoms with Gasteiger partial charge in [-0.2, -0.15) is 0 Å². The molecule has 1 aromatic rings. The largest absolute Gasteiger partial charge is 0.472 e. The Labute approximate surface area is 109 Å². The van der Waals surface area contributed by atoms with Crippen LogP contribution in [0, 0.1) is 6.92 Å². The maximum Gasteiger partial charge on any atom is 0.214 e. The molecule has 0 saturated carbocycles. The van der Waals surface area contributed by atoms with Gasteiger partial charge in [0.2, 0.25) is 5.88 Å². The molecule has 4 heteroatoms. The second-order valence-corrected chi connectivity index (χ2v) is 5.09. The molecule has 18 heavy (non-hydrogen) atoms. The summed E-state index contributed by atoms with van der Waals surface area (Å²) in [4.78, 5) is 4.42. The third-order valence-corrected chi connectivity index (χ3v) is 2.88. The molecule has 1 aliphatic heterocycles. The summed E-state index contributed by atoms with van der Waals surface area (Å²) >= 11 is 0. The molecule has 100 valence electrons. The van der Waals surface area contributed by atoms with E-state index in [1.807, 2.05) is 13.0 Å². The number of nitrogens with one attached hydrogen (secondary N) is 1. The highest BCUT2D eigenvalue weighted by molar-refractivity contribution is 5.24.